The normalized spacial score (nSPS) is 17.2. The highest BCUT2D eigenvalue weighted by Crippen LogP contribution is 2.39. The van der Waals surface area contributed by atoms with E-state index in [9.17, 15) is 14.4 Å². The van der Waals surface area contributed by atoms with Gasteiger partial charge in [-0.05, 0) is 60.5 Å². The van der Waals surface area contributed by atoms with E-state index in [-0.39, 0.29) is 23.2 Å². The van der Waals surface area contributed by atoms with Gasteiger partial charge in [0.2, 0.25) is 0 Å². The van der Waals surface area contributed by atoms with E-state index in [1.165, 1.54) is 45.7 Å². The highest BCUT2D eigenvalue weighted by molar-refractivity contribution is 5.89. The van der Waals surface area contributed by atoms with Gasteiger partial charge in [0, 0.05) is 43.0 Å². The number of nitrogens with one attached hydrogen (secondary N) is 1. The summed E-state index contributed by atoms with van der Waals surface area (Å²) in [4.78, 5) is 35.9. The molecule has 9 heteroatoms. The lowest BCUT2D eigenvalue weighted by atomic mass is 9.80. The van der Waals surface area contributed by atoms with Crippen LogP contribution in [0.5, 0.6) is 0 Å². The van der Waals surface area contributed by atoms with E-state index in [1.807, 2.05) is 6.92 Å². The molecular weight excluding hydrogens is 440 g/mol. The zero-order valence-electron chi connectivity index (χ0n) is 22.5. The molecule has 0 amide bonds. The fourth-order valence-corrected chi connectivity index (χ4v) is 3.84. The second-order valence-electron chi connectivity index (χ2n) is 9.44. The highest BCUT2D eigenvalue weighted by Gasteiger charge is 2.47. The maximum Gasteiger partial charge on any atom is 0.328 e. The molecule has 1 aliphatic heterocycles. The Labute approximate surface area is 205 Å². The van der Waals surface area contributed by atoms with Crippen LogP contribution in [0.1, 0.15) is 93.9 Å². The Morgan fingerprint density at radius 3 is 1.62 bits per heavy atom. The summed E-state index contributed by atoms with van der Waals surface area (Å²) in [5.41, 5.74) is -0.254. The van der Waals surface area contributed by atoms with Crippen LogP contribution in [-0.4, -0.2) is 70.1 Å². The third-order valence-electron chi connectivity index (χ3n) is 4.93. The number of carbonyl (C=O) groups is 3. The summed E-state index contributed by atoms with van der Waals surface area (Å²) < 4.78 is 5.37. The van der Waals surface area contributed by atoms with Gasteiger partial charge in [0.05, 0.1) is 6.61 Å². The molecule has 1 rings (SSSR count). The summed E-state index contributed by atoms with van der Waals surface area (Å²) in [5.74, 6) is -2.72. The minimum atomic E-state index is -1.26. The zero-order chi connectivity index (χ0) is 26.8. The second kappa shape index (κ2) is 18.4. The minimum absolute atomic E-state index is 0.0193. The van der Waals surface area contributed by atoms with Crippen molar-refractivity contribution in [2.24, 2.45) is 0 Å². The van der Waals surface area contributed by atoms with Crippen LogP contribution in [0, 0.1) is 0 Å². The van der Waals surface area contributed by atoms with E-state index in [2.05, 4.69) is 51.9 Å². The first kappa shape index (κ1) is 34.2. The molecule has 1 heterocycles. The standard InChI is InChI=1S/C13H25NO3.C8H19N.C4H4O4/c1-7-16-14-12(3,4)8-11(17-10(2)15)9-13(14,5)6;1-3-5-7-9-8-6-4-2;5-3(6)1-2-4(7)8/h11H,7-9H2,1-6H3;9H,3-8H2,1-2H3;1-2H,(H,5,6)(H,7,8). The van der Waals surface area contributed by atoms with E-state index < -0.39 is 11.9 Å². The van der Waals surface area contributed by atoms with E-state index in [4.69, 9.17) is 19.8 Å². The molecule has 3 N–H and O–H groups in total. The van der Waals surface area contributed by atoms with Gasteiger partial charge in [-0.25, -0.2) is 9.59 Å². The molecular formula is C25H48N2O7. The van der Waals surface area contributed by atoms with Gasteiger partial charge in [-0.2, -0.15) is 5.06 Å². The number of hydroxylamine groups is 2. The number of carboxylic acid groups (broad SMARTS) is 2. The van der Waals surface area contributed by atoms with Crippen LogP contribution in [0.3, 0.4) is 0 Å². The molecule has 0 aliphatic carbocycles. The van der Waals surface area contributed by atoms with Crippen LogP contribution in [-0.2, 0) is 24.0 Å². The number of piperidine rings is 1. The van der Waals surface area contributed by atoms with Gasteiger partial charge in [0.1, 0.15) is 6.10 Å². The van der Waals surface area contributed by atoms with E-state index >= 15 is 0 Å². The van der Waals surface area contributed by atoms with Crippen molar-refractivity contribution in [3.05, 3.63) is 12.2 Å². The highest BCUT2D eigenvalue weighted by atomic mass is 16.7. The predicted molar refractivity (Wildman–Crippen MR) is 134 cm³/mol. The summed E-state index contributed by atoms with van der Waals surface area (Å²) in [6, 6.07) is 0. The molecule has 9 nitrogen and oxygen atoms in total. The summed E-state index contributed by atoms with van der Waals surface area (Å²) in [5, 5.41) is 21.1. The summed E-state index contributed by atoms with van der Waals surface area (Å²) in [6.45, 7) is 19.5. The molecule has 0 bridgehead atoms. The summed E-state index contributed by atoms with van der Waals surface area (Å²) >= 11 is 0. The first-order valence-corrected chi connectivity index (χ1v) is 12.2. The number of ether oxygens (including phenoxy) is 1. The first-order valence-electron chi connectivity index (χ1n) is 12.2. The quantitative estimate of drug-likeness (QED) is 0.220. The van der Waals surface area contributed by atoms with Crippen LogP contribution >= 0.6 is 0 Å². The molecule has 1 fully saturated rings. The van der Waals surface area contributed by atoms with Gasteiger partial charge in [0.25, 0.3) is 0 Å². The molecule has 0 unspecified atom stereocenters. The van der Waals surface area contributed by atoms with Crippen LogP contribution in [0.15, 0.2) is 12.2 Å². The van der Waals surface area contributed by atoms with Crippen molar-refractivity contribution in [2.75, 3.05) is 19.7 Å². The number of unbranched alkanes of at least 4 members (excludes halogenated alkanes) is 2. The van der Waals surface area contributed by atoms with E-state index in [0.717, 1.165) is 12.8 Å². The van der Waals surface area contributed by atoms with Crippen molar-refractivity contribution in [1.29, 1.82) is 0 Å². The number of aliphatic carboxylic acids is 2. The molecule has 1 saturated heterocycles. The monoisotopic (exact) mass is 488 g/mol. The van der Waals surface area contributed by atoms with Gasteiger partial charge in [-0.15, -0.1) is 0 Å². The Morgan fingerprint density at radius 2 is 1.32 bits per heavy atom. The Morgan fingerprint density at radius 1 is 0.912 bits per heavy atom. The second-order valence-corrected chi connectivity index (χ2v) is 9.44. The fraction of sp³-hybridized carbons (Fsp3) is 0.800. The van der Waals surface area contributed by atoms with Gasteiger partial charge in [-0.3, -0.25) is 9.63 Å². The van der Waals surface area contributed by atoms with Crippen molar-refractivity contribution in [3.63, 3.8) is 0 Å². The SMILES string of the molecule is CCCCNCCCC.CCON1C(C)(C)CC(OC(C)=O)CC1(C)C.O=C(O)C=CC(=O)O. The van der Waals surface area contributed by atoms with Crippen LogP contribution in [0.4, 0.5) is 0 Å². The number of carboxylic acids is 2. The Kier molecular flexibility index (Phi) is 18.5. The minimum Gasteiger partial charge on any atom is -0.478 e. The molecule has 0 saturated carbocycles. The largest absolute Gasteiger partial charge is 0.478 e. The third kappa shape index (κ3) is 17.5. The van der Waals surface area contributed by atoms with E-state index in [0.29, 0.717) is 18.8 Å². The molecule has 1 aliphatic rings. The van der Waals surface area contributed by atoms with Crippen molar-refractivity contribution in [3.8, 4) is 0 Å². The van der Waals surface area contributed by atoms with Crippen LogP contribution in [0.2, 0.25) is 0 Å². The molecule has 200 valence electrons. The average Bonchev–Trinajstić information content (AvgIpc) is 2.69. The lowest BCUT2D eigenvalue weighted by Crippen LogP contribution is -2.62. The number of carbonyl (C=O) groups excluding carboxylic acids is 1. The predicted octanol–water partition coefficient (Wildman–Crippen LogP) is 4.41. The van der Waals surface area contributed by atoms with Gasteiger partial charge in [-0.1, -0.05) is 26.7 Å². The summed E-state index contributed by atoms with van der Waals surface area (Å²) in [6.07, 6.45) is 7.96. The summed E-state index contributed by atoms with van der Waals surface area (Å²) in [7, 11) is 0. The smallest absolute Gasteiger partial charge is 0.328 e. The third-order valence-corrected chi connectivity index (χ3v) is 4.93. The van der Waals surface area contributed by atoms with Crippen molar-refractivity contribution >= 4 is 17.9 Å². The van der Waals surface area contributed by atoms with Gasteiger partial charge >= 0.3 is 17.9 Å². The maximum atomic E-state index is 11.1. The van der Waals surface area contributed by atoms with Gasteiger partial charge < -0.3 is 20.3 Å². The fourth-order valence-electron chi connectivity index (χ4n) is 3.84. The molecule has 0 aromatic carbocycles. The average molecular weight is 489 g/mol. The number of rotatable bonds is 11. The number of hydrogen-bond donors (Lipinski definition) is 3. The molecule has 0 atom stereocenters. The molecule has 34 heavy (non-hydrogen) atoms. The van der Waals surface area contributed by atoms with Crippen molar-refractivity contribution < 1.29 is 34.2 Å². The molecule has 0 radical (unpaired) electrons. The molecule has 0 aromatic heterocycles. The van der Waals surface area contributed by atoms with Gasteiger partial charge in [0.15, 0.2) is 0 Å². The topological polar surface area (TPSA) is 125 Å². The Bertz CT molecular complexity index is 578. The van der Waals surface area contributed by atoms with Crippen LogP contribution in [0.25, 0.3) is 0 Å². The Hall–Kier alpha value is -1.97. The lowest BCUT2D eigenvalue weighted by Gasteiger charge is -2.53. The lowest BCUT2D eigenvalue weighted by molar-refractivity contribution is -0.290. The maximum absolute atomic E-state index is 11.1. The number of hydrogen-bond acceptors (Lipinski definition) is 7. The zero-order valence-corrected chi connectivity index (χ0v) is 22.5. The first-order chi connectivity index (χ1) is 15.7. The van der Waals surface area contributed by atoms with Crippen molar-refractivity contribution in [2.45, 2.75) is 111 Å². The Balaban J connectivity index is 0. The van der Waals surface area contributed by atoms with Crippen molar-refractivity contribution in [1.82, 2.24) is 10.4 Å². The number of nitrogens with zero attached hydrogens (tertiary/aromatic N) is 1. The van der Waals surface area contributed by atoms with Crippen LogP contribution < -0.4 is 5.32 Å². The molecule has 0 spiro atoms. The molecule has 0 aromatic rings. The van der Waals surface area contributed by atoms with E-state index in [1.54, 1.807) is 0 Å². The number of esters is 1.